The predicted octanol–water partition coefficient (Wildman–Crippen LogP) is 5.29. The van der Waals surface area contributed by atoms with Crippen molar-refractivity contribution in [1.29, 1.82) is 0 Å². The van der Waals surface area contributed by atoms with Gasteiger partial charge in [-0.1, -0.05) is 64.1 Å². The molecule has 18 heavy (non-hydrogen) atoms. The summed E-state index contributed by atoms with van der Waals surface area (Å²) in [6.07, 6.45) is 3.78. The normalized spacial score (nSPS) is 10.7. The third kappa shape index (κ3) is 2.71. The van der Waals surface area contributed by atoms with Gasteiger partial charge < -0.3 is 0 Å². The van der Waals surface area contributed by atoms with Gasteiger partial charge in [-0.2, -0.15) is 0 Å². The first-order chi connectivity index (χ1) is 8.52. The van der Waals surface area contributed by atoms with Crippen LogP contribution in [0.5, 0.6) is 0 Å². The maximum Gasteiger partial charge on any atom is 0.176 e. The van der Waals surface area contributed by atoms with Crippen molar-refractivity contribution in [2.24, 2.45) is 0 Å². The first-order valence-corrected chi connectivity index (χ1v) is 6.85. The molecule has 0 fully saturated rings. The molecule has 1 aromatic carbocycles. The fourth-order valence-corrected chi connectivity index (χ4v) is 2.81. The van der Waals surface area contributed by atoms with Crippen LogP contribution in [0.2, 0.25) is 25.1 Å². The Labute approximate surface area is 130 Å². The van der Waals surface area contributed by atoms with Crippen molar-refractivity contribution in [3.8, 4) is 0 Å². The van der Waals surface area contributed by atoms with Gasteiger partial charge in [0, 0.05) is 12.1 Å². The predicted molar refractivity (Wildman–Crippen MR) is 77.2 cm³/mol. The molecule has 1 nitrogen and oxygen atoms in total. The van der Waals surface area contributed by atoms with Crippen LogP contribution in [-0.4, -0.2) is 0 Å². The summed E-state index contributed by atoms with van der Waals surface area (Å²) < 4.78 is 1.91. The van der Waals surface area contributed by atoms with Crippen molar-refractivity contribution in [3.05, 3.63) is 61.3 Å². The van der Waals surface area contributed by atoms with Crippen LogP contribution in [0, 0.1) is 0 Å². The Hall–Kier alpha value is -0.180. The molecule has 94 valence electrons. The van der Waals surface area contributed by atoms with E-state index in [0.29, 0.717) is 22.2 Å². The van der Waals surface area contributed by atoms with E-state index < -0.39 is 0 Å². The molecule has 0 spiro atoms. The molecule has 6 heteroatoms. The van der Waals surface area contributed by atoms with Gasteiger partial charge in [0.15, 0.2) is 18.9 Å². The fourth-order valence-electron chi connectivity index (χ4n) is 1.51. The lowest BCUT2D eigenvalue weighted by Gasteiger charge is -2.10. The highest BCUT2D eigenvalue weighted by Gasteiger charge is 2.21. The Morgan fingerprint density at radius 1 is 0.667 bits per heavy atom. The van der Waals surface area contributed by atoms with Crippen molar-refractivity contribution in [1.82, 2.24) is 0 Å². The van der Waals surface area contributed by atoms with Gasteiger partial charge in [-0.05, 0) is 0 Å². The molecule has 2 rings (SSSR count). The minimum Gasteiger partial charge on any atom is -0.201 e. The first kappa shape index (κ1) is 14.2. The summed E-state index contributed by atoms with van der Waals surface area (Å²) in [5.74, 6) is 0. The van der Waals surface area contributed by atoms with Gasteiger partial charge in [0.1, 0.15) is 0 Å². The van der Waals surface area contributed by atoms with E-state index in [1.807, 2.05) is 35.2 Å². The number of benzene rings is 1. The summed E-state index contributed by atoms with van der Waals surface area (Å²) in [5.41, 5.74) is 0.647. The molecular formula is C12H7Cl5N+. The first-order valence-electron chi connectivity index (χ1n) is 4.96. The molecule has 1 aromatic heterocycles. The largest absolute Gasteiger partial charge is 0.201 e. The Morgan fingerprint density at radius 2 is 1.11 bits per heavy atom. The highest BCUT2D eigenvalue weighted by atomic mass is 35.5. The summed E-state index contributed by atoms with van der Waals surface area (Å²) in [6.45, 7) is 0.467. The molecule has 0 aliphatic heterocycles. The standard InChI is InChI=1S/C12H7Cl5N/c13-8-7(6-18-4-2-1-3-5-18)9(14)11(16)12(17)10(8)15/h1-5H,6H2/q+1. The maximum atomic E-state index is 6.15. The van der Waals surface area contributed by atoms with Crippen LogP contribution in [0.15, 0.2) is 30.6 Å². The van der Waals surface area contributed by atoms with E-state index in [4.69, 9.17) is 58.0 Å². The molecule has 2 aromatic rings. The van der Waals surface area contributed by atoms with Crippen LogP contribution < -0.4 is 4.57 Å². The highest BCUT2D eigenvalue weighted by molar-refractivity contribution is 6.55. The average Bonchev–Trinajstić information content (AvgIpc) is 2.40. The summed E-state index contributed by atoms with van der Waals surface area (Å²) in [5, 5.41) is 1.27. The number of pyridine rings is 1. The summed E-state index contributed by atoms with van der Waals surface area (Å²) in [4.78, 5) is 0. The van der Waals surface area contributed by atoms with Crippen LogP contribution >= 0.6 is 58.0 Å². The highest BCUT2D eigenvalue weighted by Crippen LogP contribution is 2.43. The van der Waals surface area contributed by atoms with Gasteiger partial charge in [-0.15, -0.1) is 0 Å². The van der Waals surface area contributed by atoms with E-state index in [9.17, 15) is 0 Å². The zero-order chi connectivity index (χ0) is 13.3. The van der Waals surface area contributed by atoms with E-state index in [-0.39, 0.29) is 15.1 Å². The van der Waals surface area contributed by atoms with Gasteiger partial charge in [0.05, 0.1) is 30.7 Å². The molecule has 0 bridgehead atoms. The van der Waals surface area contributed by atoms with Crippen molar-refractivity contribution in [2.75, 3.05) is 0 Å². The van der Waals surface area contributed by atoms with E-state index in [1.165, 1.54) is 0 Å². The van der Waals surface area contributed by atoms with Gasteiger partial charge >= 0.3 is 0 Å². The van der Waals surface area contributed by atoms with E-state index in [2.05, 4.69) is 0 Å². The lowest BCUT2D eigenvalue weighted by Crippen LogP contribution is -2.33. The minimum atomic E-state index is 0.176. The van der Waals surface area contributed by atoms with Crippen molar-refractivity contribution >= 4 is 58.0 Å². The van der Waals surface area contributed by atoms with Gasteiger partial charge in [-0.3, -0.25) is 0 Å². The third-order valence-electron chi connectivity index (χ3n) is 2.42. The number of rotatable bonds is 2. The Morgan fingerprint density at radius 3 is 1.61 bits per heavy atom. The van der Waals surface area contributed by atoms with Crippen LogP contribution in [0.1, 0.15) is 5.56 Å². The van der Waals surface area contributed by atoms with Crippen molar-refractivity contribution in [3.63, 3.8) is 0 Å². The van der Waals surface area contributed by atoms with Crippen LogP contribution in [0.25, 0.3) is 0 Å². The summed E-state index contributed by atoms with van der Waals surface area (Å²) in [7, 11) is 0. The molecule has 0 atom stereocenters. The van der Waals surface area contributed by atoms with E-state index in [0.717, 1.165) is 0 Å². The van der Waals surface area contributed by atoms with Gasteiger partial charge in [0.2, 0.25) is 0 Å². The van der Waals surface area contributed by atoms with Crippen molar-refractivity contribution in [2.45, 2.75) is 6.54 Å². The maximum absolute atomic E-state index is 6.15. The Kier molecular flexibility index (Phi) is 4.63. The molecule has 0 amide bonds. The van der Waals surface area contributed by atoms with E-state index in [1.54, 1.807) is 0 Å². The molecule has 0 saturated carbocycles. The molecule has 1 heterocycles. The summed E-state index contributed by atoms with van der Waals surface area (Å²) >= 11 is 30.2. The third-order valence-corrected chi connectivity index (χ3v) is 4.77. The molecule has 0 unspecified atom stereocenters. The average molecular weight is 342 g/mol. The second-order valence-electron chi connectivity index (χ2n) is 3.60. The number of nitrogens with zero attached hydrogens (tertiary/aromatic N) is 1. The van der Waals surface area contributed by atoms with Crippen molar-refractivity contribution < 1.29 is 4.57 Å². The quantitative estimate of drug-likeness (QED) is 0.397. The zero-order valence-electron chi connectivity index (χ0n) is 8.93. The molecule has 0 aliphatic carbocycles. The second-order valence-corrected chi connectivity index (χ2v) is 5.49. The van der Waals surface area contributed by atoms with Crippen LogP contribution in [-0.2, 0) is 6.54 Å². The van der Waals surface area contributed by atoms with E-state index >= 15 is 0 Å². The number of hydrogen-bond donors (Lipinski definition) is 0. The van der Waals surface area contributed by atoms with Gasteiger partial charge in [0.25, 0.3) is 0 Å². The molecule has 0 N–H and O–H groups in total. The zero-order valence-corrected chi connectivity index (χ0v) is 12.7. The molecule has 0 radical (unpaired) electrons. The number of aromatic nitrogens is 1. The number of hydrogen-bond acceptors (Lipinski definition) is 0. The SMILES string of the molecule is Clc1c(Cl)c(Cl)c(C[n+]2ccccc2)c(Cl)c1Cl. The smallest absolute Gasteiger partial charge is 0.176 e. The van der Waals surface area contributed by atoms with Gasteiger partial charge in [-0.25, -0.2) is 4.57 Å². The topological polar surface area (TPSA) is 3.88 Å². The molecule has 0 saturated heterocycles. The molecule has 0 aliphatic rings. The Balaban J connectivity index is 2.52. The molecular weight excluding hydrogens is 335 g/mol. The monoisotopic (exact) mass is 340 g/mol. The lowest BCUT2D eigenvalue weighted by molar-refractivity contribution is -0.688. The Bertz CT molecular complexity index is 554. The second kappa shape index (κ2) is 5.85. The fraction of sp³-hybridized carbons (Fsp3) is 0.0833. The van der Waals surface area contributed by atoms with Crippen LogP contribution in [0.4, 0.5) is 0 Å². The minimum absolute atomic E-state index is 0.176. The van der Waals surface area contributed by atoms with Crippen LogP contribution in [0.3, 0.4) is 0 Å². The summed E-state index contributed by atoms with van der Waals surface area (Å²) in [6, 6.07) is 5.73. The number of halogens is 5. The lowest BCUT2D eigenvalue weighted by atomic mass is 10.2.